The second kappa shape index (κ2) is 7.15. The van der Waals surface area contributed by atoms with Crippen LogP contribution >= 0.6 is 0 Å². The number of ether oxygens (including phenoxy) is 1. The van der Waals surface area contributed by atoms with Gasteiger partial charge in [0.1, 0.15) is 11.6 Å². The summed E-state index contributed by atoms with van der Waals surface area (Å²) in [7, 11) is 1.58. The second-order valence-electron chi connectivity index (χ2n) is 6.36. The third kappa shape index (κ3) is 3.09. The maximum Gasteiger partial charge on any atom is 0.259 e. The molecule has 1 heterocycles. The van der Waals surface area contributed by atoms with Crippen LogP contribution in [0, 0.1) is 5.82 Å². The van der Waals surface area contributed by atoms with Crippen molar-refractivity contribution < 1.29 is 18.7 Å². The number of anilines is 2. The molecule has 0 radical (unpaired) electrons. The van der Waals surface area contributed by atoms with Crippen LogP contribution in [0.15, 0.2) is 66.7 Å². The summed E-state index contributed by atoms with van der Waals surface area (Å²) in [5.74, 6) is -0.626. The molecule has 28 heavy (non-hydrogen) atoms. The molecule has 0 atom stereocenters. The molecule has 0 aromatic heterocycles. The van der Waals surface area contributed by atoms with E-state index in [1.54, 1.807) is 60.5 Å². The Hall–Kier alpha value is -3.67. The fourth-order valence-electron chi connectivity index (χ4n) is 3.27. The lowest BCUT2D eigenvalue weighted by molar-refractivity contribution is 0.0976. The summed E-state index contributed by atoms with van der Waals surface area (Å²) >= 11 is 0. The standard InChI is InChI=1S/C22H17FN2O3/c1-28-16-11-9-15(10-12-16)25-13-14-5-4-6-17(20(14)22(25)27)21(26)24-19-8-3-2-7-18(19)23/h2-12H,13H2,1H3,(H,24,26). The van der Waals surface area contributed by atoms with Gasteiger partial charge in [-0.15, -0.1) is 0 Å². The van der Waals surface area contributed by atoms with Crippen molar-refractivity contribution in [3.8, 4) is 5.75 Å². The van der Waals surface area contributed by atoms with Gasteiger partial charge in [0.05, 0.1) is 30.5 Å². The van der Waals surface area contributed by atoms with E-state index in [1.165, 1.54) is 12.1 Å². The zero-order valence-electron chi connectivity index (χ0n) is 15.1. The Morgan fingerprint density at radius 2 is 1.79 bits per heavy atom. The Labute approximate surface area is 161 Å². The van der Waals surface area contributed by atoms with Gasteiger partial charge in [0, 0.05) is 5.69 Å². The summed E-state index contributed by atoms with van der Waals surface area (Å²) in [6.45, 7) is 0.362. The van der Waals surface area contributed by atoms with Crippen LogP contribution in [0.2, 0.25) is 0 Å². The number of carbonyl (C=O) groups excluding carboxylic acids is 2. The molecule has 3 aromatic rings. The van der Waals surface area contributed by atoms with Gasteiger partial charge in [0.15, 0.2) is 0 Å². The lowest BCUT2D eigenvalue weighted by Crippen LogP contribution is -2.24. The number of benzene rings is 3. The molecular formula is C22H17FN2O3. The molecule has 1 N–H and O–H groups in total. The van der Waals surface area contributed by atoms with Crippen LogP contribution in [0.5, 0.6) is 5.75 Å². The molecule has 0 spiro atoms. The van der Waals surface area contributed by atoms with Gasteiger partial charge in [0.25, 0.3) is 11.8 Å². The third-order valence-corrected chi connectivity index (χ3v) is 4.69. The molecule has 140 valence electrons. The van der Waals surface area contributed by atoms with Crippen molar-refractivity contribution in [2.45, 2.75) is 6.54 Å². The average molecular weight is 376 g/mol. The Kier molecular flexibility index (Phi) is 4.53. The average Bonchev–Trinajstić information content (AvgIpc) is 3.06. The number of amides is 2. The SMILES string of the molecule is COc1ccc(N2Cc3cccc(C(=O)Nc4ccccc4F)c3C2=O)cc1. The van der Waals surface area contributed by atoms with E-state index in [0.717, 1.165) is 5.56 Å². The summed E-state index contributed by atoms with van der Waals surface area (Å²) < 4.78 is 19.0. The fraction of sp³-hybridized carbons (Fsp3) is 0.0909. The molecule has 1 aliphatic rings. The number of fused-ring (bicyclic) bond motifs is 1. The van der Waals surface area contributed by atoms with Gasteiger partial charge in [-0.2, -0.15) is 0 Å². The number of nitrogens with zero attached hydrogens (tertiary/aromatic N) is 1. The highest BCUT2D eigenvalue weighted by atomic mass is 19.1. The maximum absolute atomic E-state index is 13.9. The highest BCUT2D eigenvalue weighted by Gasteiger charge is 2.32. The van der Waals surface area contributed by atoms with Gasteiger partial charge < -0.3 is 15.0 Å². The number of hydrogen-bond donors (Lipinski definition) is 1. The summed E-state index contributed by atoms with van der Waals surface area (Å²) in [6.07, 6.45) is 0. The molecule has 4 rings (SSSR count). The molecule has 5 nitrogen and oxygen atoms in total. The van der Waals surface area contributed by atoms with Crippen LogP contribution in [0.25, 0.3) is 0 Å². The Balaban J connectivity index is 1.64. The smallest absolute Gasteiger partial charge is 0.259 e. The van der Waals surface area contributed by atoms with Crippen molar-refractivity contribution in [3.05, 3.63) is 89.2 Å². The lowest BCUT2D eigenvalue weighted by Gasteiger charge is -2.16. The maximum atomic E-state index is 13.9. The molecule has 0 fully saturated rings. The highest BCUT2D eigenvalue weighted by Crippen LogP contribution is 2.31. The Morgan fingerprint density at radius 3 is 2.50 bits per heavy atom. The summed E-state index contributed by atoms with van der Waals surface area (Å²) in [4.78, 5) is 27.4. The molecule has 1 aliphatic heterocycles. The van der Waals surface area contributed by atoms with Gasteiger partial charge in [-0.25, -0.2) is 4.39 Å². The molecule has 0 saturated carbocycles. The minimum absolute atomic E-state index is 0.0718. The predicted molar refractivity (Wildman–Crippen MR) is 104 cm³/mol. The van der Waals surface area contributed by atoms with Crippen LogP contribution < -0.4 is 15.0 Å². The van der Waals surface area contributed by atoms with Crippen molar-refractivity contribution in [2.24, 2.45) is 0 Å². The van der Waals surface area contributed by atoms with Crippen LogP contribution in [0.1, 0.15) is 26.3 Å². The van der Waals surface area contributed by atoms with E-state index in [9.17, 15) is 14.0 Å². The monoisotopic (exact) mass is 376 g/mol. The summed E-state index contributed by atoms with van der Waals surface area (Å²) in [6, 6.07) is 18.2. The highest BCUT2D eigenvalue weighted by molar-refractivity contribution is 6.18. The number of nitrogens with one attached hydrogen (secondary N) is 1. The van der Waals surface area contributed by atoms with Gasteiger partial charge in [-0.1, -0.05) is 24.3 Å². The van der Waals surface area contributed by atoms with Crippen LogP contribution in [0.3, 0.4) is 0 Å². The predicted octanol–water partition coefficient (Wildman–Crippen LogP) is 4.25. The molecule has 0 saturated heterocycles. The van der Waals surface area contributed by atoms with Gasteiger partial charge >= 0.3 is 0 Å². The normalized spacial score (nSPS) is 12.6. The van der Waals surface area contributed by atoms with Crippen molar-refractivity contribution in [3.63, 3.8) is 0 Å². The van der Waals surface area contributed by atoms with E-state index in [-0.39, 0.29) is 17.2 Å². The number of para-hydroxylation sites is 1. The molecular weight excluding hydrogens is 359 g/mol. The molecule has 0 aliphatic carbocycles. The van der Waals surface area contributed by atoms with Gasteiger partial charge in [-0.05, 0) is 48.0 Å². The van der Waals surface area contributed by atoms with Crippen molar-refractivity contribution >= 4 is 23.2 Å². The largest absolute Gasteiger partial charge is 0.497 e. The third-order valence-electron chi connectivity index (χ3n) is 4.69. The molecule has 2 amide bonds. The van der Waals surface area contributed by atoms with Crippen LogP contribution in [-0.2, 0) is 6.54 Å². The lowest BCUT2D eigenvalue weighted by atomic mass is 10.0. The first-order valence-electron chi connectivity index (χ1n) is 8.72. The quantitative estimate of drug-likeness (QED) is 0.741. The van der Waals surface area contributed by atoms with Crippen molar-refractivity contribution in [1.29, 1.82) is 0 Å². The number of carbonyl (C=O) groups is 2. The molecule has 0 bridgehead atoms. The minimum atomic E-state index is -0.533. The van der Waals surface area contributed by atoms with E-state index >= 15 is 0 Å². The minimum Gasteiger partial charge on any atom is -0.497 e. The van der Waals surface area contributed by atoms with Gasteiger partial charge in [0.2, 0.25) is 0 Å². The first-order chi connectivity index (χ1) is 13.6. The number of methoxy groups -OCH3 is 1. The number of hydrogen-bond acceptors (Lipinski definition) is 3. The zero-order valence-corrected chi connectivity index (χ0v) is 15.1. The molecule has 3 aromatic carbocycles. The van der Waals surface area contributed by atoms with E-state index in [1.807, 2.05) is 6.07 Å². The van der Waals surface area contributed by atoms with E-state index in [2.05, 4.69) is 5.32 Å². The Bertz CT molecular complexity index is 1060. The van der Waals surface area contributed by atoms with E-state index < -0.39 is 11.7 Å². The van der Waals surface area contributed by atoms with E-state index in [4.69, 9.17) is 4.74 Å². The van der Waals surface area contributed by atoms with Crippen LogP contribution in [-0.4, -0.2) is 18.9 Å². The summed E-state index contributed by atoms with van der Waals surface area (Å²) in [5.41, 5.74) is 2.10. The van der Waals surface area contributed by atoms with E-state index in [0.29, 0.717) is 23.5 Å². The van der Waals surface area contributed by atoms with Crippen molar-refractivity contribution in [2.75, 3.05) is 17.3 Å². The fourth-order valence-corrected chi connectivity index (χ4v) is 3.27. The topological polar surface area (TPSA) is 58.6 Å². The number of rotatable bonds is 4. The number of halogens is 1. The zero-order chi connectivity index (χ0) is 19.7. The van der Waals surface area contributed by atoms with Crippen molar-refractivity contribution in [1.82, 2.24) is 0 Å². The molecule has 6 heteroatoms. The first kappa shape index (κ1) is 17.7. The Morgan fingerprint density at radius 1 is 1.04 bits per heavy atom. The van der Waals surface area contributed by atoms with Crippen LogP contribution in [0.4, 0.5) is 15.8 Å². The van der Waals surface area contributed by atoms with Gasteiger partial charge in [-0.3, -0.25) is 9.59 Å². The second-order valence-corrected chi connectivity index (χ2v) is 6.36. The molecule has 0 unspecified atom stereocenters. The first-order valence-corrected chi connectivity index (χ1v) is 8.72. The summed E-state index contributed by atoms with van der Waals surface area (Å²) in [5, 5.41) is 2.55.